The van der Waals surface area contributed by atoms with Gasteiger partial charge in [0.05, 0.1) is 17.7 Å². The van der Waals surface area contributed by atoms with Gasteiger partial charge in [0.2, 0.25) is 5.91 Å². The first-order valence-electron chi connectivity index (χ1n) is 12.8. The second kappa shape index (κ2) is 10.0. The van der Waals surface area contributed by atoms with Crippen molar-refractivity contribution < 1.29 is 9.59 Å². The van der Waals surface area contributed by atoms with Gasteiger partial charge in [-0.3, -0.25) is 14.5 Å². The molecule has 0 atom stereocenters. The van der Waals surface area contributed by atoms with E-state index in [1.807, 2.05) is 77.7 Å². The summed E-state index contributed by atoms with van der Waals surface area (Å²) in [5.74, 6) is 0.916. The highest BCUT2D eigenvalue weighted by atomic mass is 16.2. The Morgan fingerprint density at radius 1 is 0.784 bits per heavy atom. The summed E-state index contributed by atoms with van der Waals surface area (Å²) in [6.07, 6.45) is 0.817. The SMILES string of the molecule is O=C(CN1CCN(C(=O)c2ccccc2)CC1)Nc1c2c(nc3ccccc13)N(c1ccccc1)CC2. The quantitative estimate of drug-likeness (QED) is 0.450. The summed E-state index contributed by atoms with van der Waals surface area (Å²) in [5, 5.41) is 4.20. The molecule has 4 aromatic rings. The Labute approximate surface area is 216 Å². The van der Waals surface area contributed by atoms with Gasteiger partial charge in [0.1, 0.15) is 5.82 Å². The van der Waals surface area contributed by atoms with Gasteiger partial charge in [-0.25, -0.2) is 4.98 Å². The molecule has 2 amide bonds. The smallest absolute Gasteiger partial charge is 0.253 e. The molecule has 7 heteroatoms. The molecular weight excluding hydrogens is 462 g/mol. The molecule has 0 aliphatic carbocycles. The van der Waals surface area contributed by atoms with E-state index in [0.717, 1.165) is 46.6 Å². The highest BCUT2D eigenvalue weighted by Crippen LogP contribution is 2.40. The second-order valence-corrected chi connectivity index (χ2v) is 9.53. The number of hydrogen-bond acceptors (Lipinski definition) is 5. The van der Waals surface area contributed by atoms with E-state index in [0.29, 0.717) is 38.3 Å². The maximum Gasteiger partial charge on any atom is 0.253 e. The summed E-state index contributed by atoms with van der Waals surface area (Å²) in [7, 11) is 0. The Hall–Kier alpha value is -4.23. The molecule has 2 aliphatic rings. The Balaban J connectivity index is 1.17. The van der Waals surface area contributed by atoms with Crippen LogP contribution in [0.1, 0.15) is 15.9 Å². The fourth-order valence-corrected chi connectivity index (χ4v) is 5.28. The number of amides is 2. The largest absolute Gasteiger partial charge is 0.336 e. The van der Waals surface area contributed by atoms with Crippen LogP contribution < -0.4 is 10.2 Å². The zero-order valence-electron chi connectivity index (χ0n) is 20.6. The summed E-state index contributed by atoms with van der Waals surface area (Å²) in [6.45, 7) is 3.68. The van der Waals surface area contributed by atoms with Gasteiger partial charge < -0.3 is 15.1 Å². The average Bonchev–Trinajstić information content (AvgIpc) is 3.38. The Bertz CT molecular complexity index is 1430. The van der Waals surface area contributed by atoms with E-state index in [-0.39, 0.29) is 11.8 Å². The minimum atomic E-state index is -0.0421. The number of nitrogens with zero attached hydrogens (tertiary/aromatic N) is 4. The van der Waals surface area contributed by atoms with Crippen molar-refractivity contribution in [2.45, 2.75) is 6.42 Å². The topological polar surface area (TPSA) is 68.8 Å². The van der Waals surface area contributed by atoms with Crippen LogP contribution in [0.5, 0.6) is 0 Å². The lowest BCUT2D eigenvalue weighted by Gasteiger charge is -2.34. The van der Waals surface area contributed by atoms with Gasteiger partial charge >= 0.3 is 0 Å². The third-order valence-corrected chi connectivity index (χ3v) is 7.19. The number of carbonyl (C=O) groups is 2. The predicted octanol–water partition coefficient (Wildman–Crippen LogP) is 4.33. The predicted molar refractivity (Wildman–Crippen MR) is 146 cm³/mol. The van der Waals surface area contributed by atoms with Crippen molar-refractivity contribution >= 4 is 39.9 Å². The van der Waals surface area contributed by atoms with E-state index < -0.39 is 0 Å². The van der Waals surface area contributed by atoms with Crippen molar-refractivity contribution in [3.8, 4) is 0 Å². The lowest BCUT2D eigenvalue weighted by atomic mass is 10.1. The lowest BCUT2D eigenvalue weighted by molar-refractivity contribution is -0.117. The van der Waals surface area contributed by atoms with Crippen molar-refractivity contribution in [1.29, 1.82) is 0 Å². The van der Waals surface area contributed by atoms with Crippen LogP contribution in [0.2, 0.25) is 0 Å². The Morgan fingerprint density at radius 3 is 2.22 bits per heavy atom. The molecule has 186 valence electrons. The standard InChI is InChI=1S/C30H29N5O2/c36-27(21-33-17-19-34(20-18-33)30(37)22-9-3-1-4-10-22)32-28-24-13-7-8-14-26(24)31-29-25(28)15-16-35(29)23-11-5-2-6-12-23/h1-14H,15-21H2,(H,31,32,36). The molecule has 2 aliphatic heterocycles. The maximum atomic E-state index is 13.2. The third kappa shape index (κ3) is 4.66. The minimum Gasteiger partial charge on any atom is -0.336 e. The number of benzene rings is 3. The van der Waals surface area contributed by atoms with Gasteiger partial charge in [-0.1, -0.05) is 54.6 Å². The molecule has 1 aromatic heterocycles. The van der Waals surface area contributed by atoms with Crippen molar-refractivity contribution in [3.63, 3.8) is 0 Å². The molecule has 37 heavy (non-hydrogen) atoms. The van der Waals surface area contributed by atoms with E-state index in [1.165, 1.54) is 0 Å². The normalized spacial score (nSPS) is 15.6. The van der Waals surface area contributed by atoms with E-state index in [9.17, 15) is 9.59 Å². The summed E-state index contributed by atoms with van der Waals surface area (Å²) >= 11 is 0. The molecule has 7 nitrogen and oxygen atoms in total. The summed E-state index contributed by atoms with van der Waals surface area (Å²) in [6, 6.07) is 27.6. The van der Waals surface area contributed by atoms with Gasteiger partial charge in [-0.05, 0) is 36.8 Å². The number of nitrogens with one attached hydrogen (secondary N) is 1. The number of hydrogen-bond donors (Lipinski definition) is 1. The molecule has 1 saturated heterocycles. The molecule has 0 bridgehead atoms. The first-order chi connectivity index (χ1) is 18.2. The monoisotopic (exact) mass is 491 g/mol. The van der Waals surface area contributed by atoms with Crippen LogP contribution in [0.25, 0.3) is 10.9 Å². The van der Waals surface area contributed by atoms with Crippen LogP contribution >= 0.6 is 0 Å². The number of pyridine rings is 1. The van der Waals surface area contributed by atoms with Crippen molar-refractivity contribution in [2.75, 3.05) is 49.5 Å². The lowest BCUT2D eigenvalue weighted by Crippen LogP contribution is -2.50. The fraction of sp³-hybridized carbons (Fsp3) is 0.233. The first kappa shape index (κ1) is 23.2. The molecule has 6 rings (SSSR count). The molecule has 1 N–H and O–H groups in total. The molecule has 3 heterocycles. The van der Waals surface area contributed by atoms with Gasteiger partial charge in [0, 0.05) is 54.9 Å². The average molecular weight is 492 g/mol. The summed E-state index contributed by atoms with van der Waals surface area (Å²) in [5.41, 5.74) is 4.62. The highest BCUT2D eigenvalue weighted by Gasteiger charge is 2.28. The van der Waals surface area contributed by atoms with E-state index in [2.05, 4.69) is 27.2 Å². The second-order valence-electron chi connectivity index (χ2n) is 9.53. The number of fused-ring (bicyclic) bond motifs is 2. The zero-order valence-corrected chi connectivity index (χ0v) is 20.6. The number of rotatable bonds is 5. The van der Waals surface area contributed by atoms with Crippen LogP contribution in [0.3, 0.4) is 0 Å². The van der Waals surface area contributed by atoms with Gasteiger partial charge in [0.25, 0.3) is 5.91 Å². The van der Waals surface area contributed by atoms with Crippen LogP contribution in [0.4, 0.5) is 17.2 Å². The minimum absolute atomic E-state index is 0.0421. The number of para-hydroxylation sites is 2. The molecule has 0 spiro atoms. The molecule has 1 fully saturated rings. The van der Waals surface area contributed by atoms with Crippen LogP contribution in [-0.4, -0.2) is 65.9 Å². The molecule has 0 saturated carbocycles. The van der Waals surface area contributed by atoms with E-state index >= 15 is 0 Å². The number of aromatic nitrogens is 1. The highest BCUT2D eigenvalue weighted by molar-refractivity contribution is 6.05. The first-order valence-corrected chi connectivity index (χ1v) is 12.8. The number of carbonyl (C=O) groups excluding carboxylic acids is 2. The molecular formula is C30H29N5O2. The number of piperazine rings is 1. The Morgan fingerprint density at radius 2 is 1.46 bits per heavy atom. The fourth-order valence-electron chi connectivity index (χ4n) is 5.28. The van der Waals surface area contributed by atoms with Crippen molar-refractivity contribution in [3.05, 3.63) is 96.1 Å². The Kier molecular flexibility index (Phi) is 6.28. The number of anilines is 3. The van der Waals surface area contributed by atoms with E-state index in [1.54, 1.807) is 0 Å². The van der Waals surface area contributed by atoms with Gasteiger partial charge in [-0.15, -0.1) is 0 Å². The zero-order chi connectivity index (χ0) is 25.2. The maximum absolute atomic E-state index is 13.2. The van der Waals surface area contributed by atoms with Crippen molar-refractivity contribution in [1.82, 2.24) is 14.8 Å². The summed E-state index contributed by atoms with van der Waals surface area (Å²) < 4.78 is 0. The van der Waals surface area contributed by atoms with Gasteiger partial charge in [-0.2, -0.15) is 0 Å². The van der Waals surface area contributed by atoms with Gasteiger partial charge in [0.15, 0.2) is 0 Å². The van der Waals surface area contributed by atoms with Crippen LogP contribution in [-0.2, 0) is 11.2 Å². The summed E-state index contributed by atoms with van der Waals surface area (Å²) in [4.78, 5) is 37.2. The third-order valence-electron chi connectivity index (χ3n) is 7.19. The molecule has 0 radical (unpaired) electrons. The van der Waals surface area contributed by atoms with Crippen molar-refractivity contribution in [2.24, 2.45) is 0 Å². The van der Waals surface area contributed by atoms with Crippen LogP contribution in [0, 0.1) is 0 Å². The van der Waals surface area contributed by atoms with Crippen LogP contribution in [0.15, 0.2) is 84.9 Å². The van der Waals surface area contributed by atoms with E-state index in [4.69, 9.17) is 4.98 Å². The molecule has 0 unspecified atom stereocenters. The molecule has 3 aromatic carbocycles.